The third-order valence-electron chi connectivity index (χ3n) is 2.79. The normalized spacial score (nSPS) is 11.9. The van der Waals surface area contributed by atoms with Crippen molar-refractivity contribution < 1.29 is 14.7 Å². The van der Waals surface area contributed by atoms with Gasteiger partial charge in [0, 0.05) is 0 Å². The number of aliphatic imine (C=N–C) groups is 1. The molecule has 0 fully saturated rings. The van der Waals surface area contributed by atoms with Crippen molar-refractivity contribution in [3.05, 3.63) is 53.2 Å². The minimum atomic E-state index is -1.11. The summed E-state index contributed by atoms with van der Waals surface area (Å²) in [5.41, 5.74) is 2.96. The Balaban J connectivity index is 2.98. The number of nitrogens with zero attached hydrogens (tertiary/aromatic N) is 1. The second kappa shape index (κ2) is 7.79. The van der Waals surface area contributed by atoms with Crippen LogP contribution in [0, 0.1) is 6.92 Å². The van der Waals surface area contributed by atoms with Gasteiger partial charge < -0.3 is 10.4 Å². The van der Waals surface area contributed by atoms with Crippen LogP contribution < -0.4 is 5.32 Å². The van der Waals surface area contributed by atoms with Crippen LogP contribution in [0.15, 0.2) is 47.1 Å². The number of rotatable bonds is 6. The number of allylic oxidation sites excluding steroid dienone is 3. The summed E-state index contributed by atoms with van der Waals surface area (Å²) in [5, 5.41) is 10.8. The first-order chi connectivity index (χ1) is 9.97. The SMILES string of the molecule is C=N/C(=C\C(=C/C)c1ccc(C)cc1)C(=O)NCC(=O)O. The van der Waals surface area contributed by atoms with Crippen LogP contribution in [0.2, 0.25) is 0 Å². The Kier molecular flexibility index (Phi) is 6.07. The molecule has 0 saturated carbocycles. The molecule has 1 amide bonds. The second-order valence-electron chi connectivity index (χ2n) is 4.37. The van der Waals surface area contributed by atoms with Gasteiger partial charge in [0.2, 0.25) is 0 Å². The van der Waals surface area contributed by atoms with Gasteiger partial charge in [0.15, 0.2) is 0 Å². The van der Waals surface area contributed by atoms with Crippen molar-refractivity contribution in [2.24, 2.45) is 4.99 Å². The molecule has 0 radical (unpaired) electrons. The average molecular weight is 286 g/mol. The van der Waals surface area contributed by atoms with Crippen LogP contribution in [0.5, 0.6) is 0 Å². The zero-order valence-electron chi connectivity index (χ0n) is 12.1. The van der Waals surface area contributed by atoms with E-state index in [-0.39, 0.29) is 5.70 Å². The fraction of sp³-hybridized carbons (Fsp3) is 0.188. The molecule has 0 unspecified atom stereocenters. The van der Waals surface area contributed by atoms with Crippen molar-refractivity contribution in [3.63, 3.8) is 0 Å². The number of carbonyl (C=O) groups excluding carboxylic acids is 1. The van der Waals surface area contributed by atoms with E-state index in [2.05, 4.69) is 17.0 Å². The van der Waals surface area contributed by atoms with Crippen molar-refractivity contribution >= 4 is 24.2 Å². The van der Waals surface area contributed by atoms with Crippen LogP contribution in [0.1, 0.15) is 18.1 Å². The van der Waals surface area contributed by atoms with Crippen LogP contribution in [0.4, 0.5) is 0 Å². The monoisotopic (exact) mass is 286 g/mol. The predicted molar refractivity (Wildman–Crippen MR) is 83.1 cm³/mol. The summed E-state index contributed by atoms with van der Waals surface area (Å²) >= 11 is 0. The van der Waals surface area contributed by atoms with Gasteiger partial charge >= 0.3 is 5.97 Å². The van der Waals surface area contributed by atoms with Crippen molar-refractivity contribution in [1.29, 1.82) is 0 Å². The lowest BCUT2D eigenvalue weighted by Crippen LogP contribution is -2.30. The molecule has 0 aromatic heterocycles. The van der Waals surface area contributed by atoms with Gasteiger partial charge in [-0.15, -0.1) is 0 Å². The number of carboxylic acid groups (broad SMARTS) is 1. The molecular weight excluding hydrogens is 268 g/mol. The van der Waals surface area contributed by atoms with Crippen LogP contribution in [0.3, 0.4) is 0 Å². The van der Waals surface area contributed by atoms with Crippen LogP contribution in [0.25, 0.3) is 5.57 Å². The molecular formula is C16H18N2O3. The van der Waals surface area contributed by atoms with Gasteiger partial charge in [0.1, 0.15) is 12.2 Å². The van der Waals surface area contributed by atoms with E-state index in [0.29, 0.717) is 0 Å². The lowest BCUT2D eigenvalue weighted by Gasteiger charge is -2.06. The molecule has 0 aliphatic carbocycles. The number of nitrogens with one attached hydrogen (secondary N) is 1. The molecule has 0 saturated heterocycles. The lowest BCUT2D eigenvalue weighted by molar-refractivity contribution is -0.137. The maximum atomic E-state index is 11.8. The fourth-order valence-electron chi connectivity index (χ4n) is 1.66. The number of aliphatic carboxylic acids is 1. The number of hydrogen-bond donors (Lipinski definition) is 2. The molecule has 5 nitrogen and oxygen atoms in total. The maximum Gasteiger partial charge on any atom is 0.322 e. The standard InChI is InChI=1S/C16H18N2O3/c1-4-12(13-7-5-11(2)6-8-13)9-14(17-3)16(21)18-10-15(19)20/h4-9H,3,10H2,1-2H3,(H,18,21)(H,19,20)/b12-4+,14-9-. The molecule has 0 aliphatic heterocycles. The first-order valence-electron chi connectivity index (χ1n) is 6.39. The Bertz CT molecular complexity index is 598. The number of benzene rings is 1. The molecule has 1 aromatic carbocycles. The summed E-state index contributed by atoms with van der Waals surface area (Å²) in [7, 11) is 0. The summed E-state index contributed by atoms with van der Waals surface area (Å²) < 4.78 is 0. The van der Waals surface area contributed by atoms with Gasteiger partial charge in [-0.25, -0.2) is 0 Å². The van der Waals surface area contributed by atoms with Gasteiger partial charge in [-0.3, -0.25) is 14.6 Å². The van der Waals surface area contributed by atoms with E-state index >= 15 is 0 Å². The highest BCUT2D eigenvalue weighted by Crippen LogP contribution is 2.18. The van der Waals surface area contributed by atoms with Crippen molar-refractivity contribution in [3.8, 4) is 0 Å². The van der Waals surface area contributed by atoms with Crippen molar-refractivity contribution in [1.82, 2.24) is 5.32 Å². The van der Waals surface area contributed by atoms with E-state index in [4.69, 9.17) is 5.11 Å². The molecule has 1 rings (SSSR count). The lowest BCUT2D eigenvalue weighted by atomic mass is 10.0. The van der Waals surface area contributed by atoms with Crippen molar-refractivity contribution in [2.75, 3.05) is 6.54 Å². The Morgan fingerprint density at radius 2 is 1.95 bits per heavy atom. The quantitative estimate of drug-likeness (QED) is 0.478. The highest BCUT2D eigenvalue weighted by Gasteiger charge is 2.10. The van der Waals surface area contributed by atoms with Gasteiger partial charge in [0.25, 0.3) is 5.91 Å². The third kappa shape index (κ3) is 5.06. The summed E-state index contributed by atoms with van der Waals surface area (Å²) in [6.07, 6.45) is 3.43. The first kappa shape index (κ1) is 16.4. The van der Waals surface area contributed by atoms with E-state index in [0.717, 1.165) is 16.7 Å². The summed E-state index contributed by atoms with van der Waals surface area (Å²) in [6, 6.07) is 7.82. The Labute approximate surface area is 123 Å². The van der Waals surface area contributed by atoms with Gasteiger partial charge in [-0.05, 0) is 37.8 Å². The molecule has 1 aromatic rings. The zero-order valence-corrected chi connectivity index (χ0v) is 12.1. The summed E-state index contributed by atoms with van der Waals surface area (Å²) in [5.74, 6) is -1.68. The minimum absolute atomic E-state index is 0.0740. The topological polar surface area (TPSA) is 78.8 Å². The smallest absolute Gasteiger partial charge is 0.322 e. The van der Waals surface area contributed by atoms with E-state index in [1.54, 1.807) is 6.08 Å². The van der Waals surface area contributed by atoms with E-state index in [1.807, 2.05) is 44.2 Å². The summed E-state index contributed by atoms with van der Waals surface area (Å²) in [4.78, 5) is 25.9. The summed E-state index contributed by atoms with van der Waals surface area (Å²) in [6.45, 7) is 6.73. The van der Waals surface area contributed by atoms with Crippen LogP contribution >= 0.6 is 0 Å². The molecule has 0 bridgehead atoms. The molecule has 5 heteroatoms. The average Bonchev–Trinajstić information content (AvgIpc) is 2.47. The number of carboxylic acids is 1. The van der Waals surface area contributed by atoms with E-state index in [1.165, 1.54) is 0 Å². The van der Waals surface area contributed by atoms with Gasteiger partial charge in [-0.2, -0.15) is 0 Å². The number of carbonyl (C=O) groups is 2. The Hall–Kier alpha value is -2.69. The minimum Gasteiger partial charge on any atom is -0.480 e. The van der Waals surface area contributed by atoms with Crippen molar-refractivity contribution in [2.45, 2.75) is 13.8 Å². The largest absolute Gasteiger partial charge is 0.480 e. The zero-order chi connectivity index (χ0) is 15.8. The molecule has 0 heterocycles. The maximum absolute atomic E-state index is 11.8. The number of aryl methyl sites for hydroxylation is 1. The van der Waals surface area contributed by atoms with Crippen LogP contribution in [-0.4, -0.2) is 30.2 Å². The highest BCUT2D eigenvalue weighted by atomic mass is 16.4. The first-order valence-corrected chi connectivity index (χ1v) is 6.39. The van der Waals surface area contributed by atoms with Crippen LogP contribution in [-0.2, 0) is 9.59 Å². The second-order valence-corrected chi connectivity index (χ2v) is 4.37. The third-order valence-corrected chi connectivity index (χ3v) is 2.79. The number of hydrogen-bond acceptors (Lipinski definition) is 3. The molecule has 0 aliphatic rings. The van der Waals surface area contributed by atoms with E-state index < -0.39 is 18.4 Å². The molecule has 21 heavy (non-hydrogen) atoms. The fourth-order valence-corrected chi connectivity index (χ4v) is 1.66. The Morgan fingerprint density at radius 1 is 1.33 bits per heavy atom. The van der Waals surface area contributed by atoms with Gasteiger partial charge in [0.05, 0.1) is 0 Å². The molecule has 2 N–H and O–H groups in total. The molecule has 0 spiro atoms. The van der Waals surface area contributed by atoms with E-state index in [9.17, 15) is 9.59 Å². The number of amides is 1. The highest BCUT2D eigenvalue weighted by molar-refractivity contribution is 5.98. The molecule has 110 valence electrons. The van der Waals surface area contributed by atoms with Gasteiger partial charge in [-0.1, -0.05) is 35.9 Å². The molecule has 0 atom stereocenters. The Morgan fingerprint density at radius 3 is 2.43 bits per heavy atom. The predicted octanol–water partition coefficient (Wildman–Crippen LogP) is 2.18.